The van der Waals surface area contributed by atoms with Crippen LogP contribution in [0.4, 0.5) is 13.2 Å². The largest absolute Gasteiger partial charge is 0.316 e. The molecule has 16 heavy (non-hydrogen) atoms. The van der Waals surface area contributed by atoms with Crippen LogP contribution in [0.2, 0.25) is 0 Å². The smallest absolute Gasteiger partial charge is 0.195 e. The predicted octanol–water partition coefficient (Wildman–Crippen LogP) is 1.90. The molecule has 1 heterocycles. The number of rotatable bonds is 2. The number of carbonyl (C=O) groups is 1. The lowest BCUT2D eigenvalue weighted by molar-refractivity contribution is 0.0925. The molecule has 86 valence electrons. The number of benzene rings is 1. The lowest BCUT2D eigenvalue weighted by Crippen LogP contribution is -2.19. The van der Waals surface area contributed by atoms with E-state index in [1.165, 1.54) is 0 Å². The van der Waals surface area contributed by atoms with Gasteiger partial charge in [0.05, 0.1) is 5.56 Å². The topological polar surface area (TPSA) is 29.1 Å². The Labute approximate surface area is 90.5 Å². The molecule has 0 radical (unpaired) electrons. The Morgan fingerprint density at radius 1 is 1.25 bits per heavy atom. The monoisotopic (exact) mass is 229 g/mol. The molecule has 0 amide bonds. The van der Waals surface area contributed by atoms with Gasteiger partial charge < -0.3 is 5.32 Å². The highest BCUT2D eigenvalue weighted by Crippen LogP contribution is 2.21. The summed E-state index contributed by atoms with van der Waals surface area (Å²) in [6, 6.07) is 1.77. The SMILES string of the molecule is O=C(c1ccc(F)c(F)c1F)C1CCNC1. The van der Waals surface area contributed by atoms with Crippen molar-refractivity contribution < 1.29 is 18.0 Å². The van der Waals surface area contributed by atoms with Crippen molar-refractivity contribution in [3.63, 3.8) is 0 Å². The first-order chi connectivity index (χ1) is 7.61. The fourth-order valence-corrected chi connectivity index (χ4v) is 1.81. The number of halogens is 3. The summed E-state index contributed by atoms with van der Waals surface area (Å²) in [7, 11) is 0. The molecule has 1 fully saturated rings. The van der Waals surface area contributed by atoms with Gasteiger partial charge in [0.25, 0.3) is 0 Å². The van der Waals surface area contributed by atoms with Crippen LogP contribution >= 0.6 is 0 Å². The Balaban J connectivity index is 2.33. The van der Waals surface area contributed by atoms with Gasteiger partial charge in [-0.1, -0.05) is 0 Å². The van der Waals surface area contributed by atoms with Crippen LogP contribution in [0.15, 0.2) is 12.1 Å². The maximum absolute atomic E-state index is 13.3. The highest BCUT2D eigenvalue weighted by molar-refractivity contribution is 5.98. The Hall–Kier alpha value is -1.36. The molecule has 1 aliphatic heterocycles. The molecule has 1 aromatic carbocycles. The van der Waals surface area contributed by atoms with Crippen LogP contribution in [-0.4, -0.2) is 18.9 Å². The van der Waals surface area contributed by atoms with Crippen molar-refractivity contribution in [3.8, 4) is 0 Å². The number of Topliss-reactive ketones (excluding diaryl/α,β-unsaturated/α-hetero) is 1. The van der Waals surface area contributed by atoms with Gasteiger partial charge in [0.15, 0.2) is 23.2 Å². The first-order valence-electron chi connectivity index (χ1n) is 4.99. The van der Waals surface area contributed by atoms with Crippen molar-refractivity contribution in [2.75, 3.05) is 13.1 Å². The van der Waals surface area contributed by atoms with Gasteiger partial charge in [-0.05, 0) is 25.1 Å². The molecular formula is C11H10F3NO. The van der Waals surface area contributed by atoms with E-state index in [1.54, 1.807) is 0 Å². The van der Waals surface area contributed by atoms with Gasteiger partial charge in [-0.15, -0.1) is 0 Å². The highest BCUT2D eigenvalue weighted by atomic mass is 19.2. The molecule has 1 saturated heterocycles. The second-order valence-corrected chi connectivity index (χ2v) is 3.78. The molecule has 0 spiro atoms. The number of nitrogens with one attached hydrogen (secondary N) is 1. The Morgan fingerprint density at radius 3 is 2.62 bits per heavy atom. The summed E-state index contributed by atoms with van der Waals surface area (Å²) in [6.45, 7) is 1.14. The molecular weight excluding hydrogens is 219 g/mol. The zero-order valence-electron chi connectivity index (χ0n) is 8.40. The summed E-state index contributed by atoms with van der Waals surface area (Å²) in [6.07, 6.45) is 0.595. The van der Waals surface area contributed by atoms with Crippen molar-refractivity contribution in [1.29, 1.82) is 0 Å². The lowest BCUT2D eigenvalue weighted by Gasteiger charge is -2.08. The highest BCUT2D eigenvalue weighted by Gasteiger charge is 2.27. The van der Waals surface area contributed by atoms with Crippen LogP contribution in [0.25, 0.3) is 0 Å². The fraction of sp³-hybridized carbons (Fsp3) is 0.364. The van der Waals surface area contributed by atoms with E-state index in [9.17, 15) is 18.0 Å². The van der Waals surface area contributed by atoms with Crippen molar-refractivity contribution >= 4 is 5.78 Å². The lowest BCUT2D eigenvalue weighted by atomic mass is 9.96. The van der Waals surface area contributed by atoms with Crippen LogP contribution < -0.4 is 5.32 Å². The summed E-state index contributed by atoms with van der Waals surface area (Å²) in [5.41, 5.74) is -0.368. The molecule has 2 rings (SSSR count). The molecule has 5 heteroatoms. The summed E-state index contributed by atoms with van der Waals surface area (Å²) in [5, 5.41) is 2.96. The van der Waals surface area contributed by atoms with Crippen molar-refractivity contribution in [1.82, 2.24) is 5.32 Å². The zero-order chi connectivity index (χ0) is 11.7. The minimum Gasteiger partial charge on any atom is -0.316 e. The number of carbonyl (C=O) groups excluding carboxylic acids is 1. The van der Waals surface area contributed by atoms with Gasteiger partial charge in [-0.3, -0.25) is 4.79 Å². The van der Waals surface area contributed by atoms with Crippen LogP contribution in [0.5, 0.6) is 0 Å². The number of hydrogen-bond acceptors (Lipinski definition) is 2. The standard InChI is InChI=1S/C11H10F3NO/c12-8-2-1-7(9(13)10(8)14)11(16)6-3-4-15-5-6/h1-2,6,15H,3-5H2. The van der Waals surface area contributed by atoms with Gasteiger partial charge in [0.1, 0.15) is 0 Å². The minimum atomic E-state index is -1.59. The normalized spacial score (nSPS) is 20.1. The minimum absolute atomic E-state index is 0.348. The summed E-state index contributed by atoms with van der Waals surface area (Å²) < 4.78 is 38.9. The average molecular weight is 229 g/mol. The molecule has 1 unspecified atom stereocenters. The molecule has 1 N–H and O–H groups in total. The second-order valence-electron chi connectivity index (χ2n) is 3.78. The summed E-state index contributed by atoms with van der Waals surface area (Å²) >= 11 is 0. The van der Waals surface area contributed by atoms with Crippen LogP contribution in [0.1, 0.15) is 16.8 Å². The van der Waals surface area contributed by atoms with E-state index in [4.69, 9.17) is 0 Å². The van der Waals surface area contributed by atoms with Crippen molar-refractivity contribution in [2.45, 2.75) is 6.42 Å². The maximum atomic E-state index is 13.3. The molecule has 0 aliphatic carbocycles. The fourth-order valence-electron chi connectivity index (χ4n) is 1.81. The molecule has 1 aliphatic rings. The van der Waals surface area contributed by atoms with Crippen molar-refractivity contribution in [2.24, 2.45) is 5.92 Å². The quantitative estimate of drug-likeness (QED) is 0.620. The van der Waals surface area contributed by atoms with Crippen LogP contribution in [0, 0.1) is 23.4 Å². The second kappa shape index (κ2) is 4.25. The first-order valence-corrected chi connectivity index (χ1v) is 4.99. The van der Waals surface area contributed by atoms with E-state index in [1.807, 2.05) is 0 Å². The molecule has 0 saturated carbocycles. The van der Waals surface area contributed by atoms with Gasteiger partial charge in [-0.2, -0.15) is 0 Å². The Morgan fingerprint density at radius 2 is 2.00 bits per heavy atom. The molecule has 2 nitrogen and oxygen atoms in total. The van der Waals surface area contributed by atoms with Gasteiger partial charge >= 0.3 is 0 Å². The Bertz CT molecular complexity index is 427. The van der Waals surface area contributed by atoms with Crippen LogP contribution in [-0.2, 0) is 0 Å². The summed E-state index contributed by atoms with van der Waals surface area (Å²) in [5.74, 6) is -5.08. The third-order valence-electron chi connectivity index (χ3n) is 2.73. The molecule has 1 aromatic rings. The first kappa shape index (κ1) is 11.1. The van der Waals surface area contributed by atoms with Crippen molar-refractivity contribution in [3.05, 3.63) is 35.1 Å². The maximum Gasteiger partial charge on any atom is 0.195 e. The predicted molar refractivity (Wildman–Crippen MR) is 51.6 cm³/mol. The van der Waals surface area contributed by atoms with Gasteiger partial charge in [-0.25, -0.2) is 13.2 Å². The average Bonchev–Trinajstić information content (AvgIpc) is 2.79. The third-order valence-corrected chi connectivity index (χ3v) is 2.73. The number of hydrogen-bond donors (Lipinski definition) is 1. The van der Waals surface area contributed by atoms with E-state index in [0.717, 1.165) is 12.1 Å². The molecule has 1 atom stereocenters. The Kier molecular flexibility index (Phi) is 2.96. The third kappa shape index (κ3) is 1.82. The molecule has 0 bridgehead atoms. The van der Waals surface area contributed by atoms with Crippen LogP contribution in [0.3, 0.4) is 0 Å². The van der Waals surface area contributed by atoms with E-state index < -0.39 is 23.2 Å². The van der Waals surface area contributed by atoms with E-state index >= 15 is 0 Å². The van der Waals surface area contributed by atoms with E-state index in [-0.39, 0.29) is 11.5 Å². The van der Waals surface area contributed by atoms with E-state index in [2.05, 4.69) is 5.32 Å². The van der Waals surface area contributed by atoms with Gasteiger partial charge in [0, 0.05) is 12.5 Å². The number of ketones is 1. The van der Waals surface area contributed by atoms with E-state index in [0.29, 0.717) is 19.5 Å². The summed E-state index contributed by atoms with van der Waals surface area (Å²) in [4.78, 5) is 11.8. The zero-order valence-corrected chi connectivity index (χ0v) is 8.40. The van der Waals surface area contributed by atoms with Gasteiger partial charge in [0.2, 0.25) is 0 Å². The molecule has 0 aromatic heterocycles.